The Morgan fingerprint density at radius 1 is 1.04 bits per heavy atom. The third kappa shape index (κ3) is 4.27. The summed E-state index contributed by atoms with van der Waals surface area (Å²) < 4.78 is 1.93. The largest absolute Gasteiger partial charge is 0.395 e. The molecule has 7 heteroatoms. The monoisotopic (exact) mass is 383 g/mol. The van der Waals surface area contributed by atoms with E-state index in [1.165, 1.54) is 0 Å². The van der Waals surface area contributed by atoms with Gasteiger partial charge in [-0.1, -0.05) is 0 Å². The fourth-order valence-corrected chi connectivity index (χ4v) is 4.30. The minimum atomic E-state index is 0.128. The number of amides is 1. The summed E-state index contributed by atoms with van der Waals surface area (Å²) in [5.41, 5.74) is 1.76. The van der Waals surface area contributed by atoms with E-state index in [9.17, 15) is 4.79 Å². The molecule has 2 aromatic rings. The van der Waals surface area contributed by atoms with Gasteiger partial charge in [0.25, 0.3) is 5.91 Å². The normalized spacial score (nSPS) is 19.8. The number of hydrogen-bond donors (Lipinski definition) is 1. The molecule has 0 aliphatic carbocycles. The maximum absolute atomic E-state index is 12.9. The molecule has 1 N–H and O–H groups in total. The van der Waals surface area contributed by atoms with Crippen molar-refractivity contribution in [1.82, 2.24) is 24.3 Å². The van der Waals surface area contributed by atoms with Gasteiger partial charge in [0.15, 0.2) is 0 Å². The third-order valence-corrected chi connectivity index (χ3v) is 6.01. The van der Waals surface area contributed by atoms with Crippen molar-refractivity contribution in [2.24, 2.45) is 0 Å². The zero-order valence-corrected chi connectivity index (χ0v) is 16.3. The number of benzene rings is 1. The van der Waals surface area contributed by atoms with Crippen LogP contribution in [0.25, 0.3) is 5.69 Å². The van der Waals surface area contributed by atoms with E-state index in [-0.39, 0.29) is 12.5 Å². The van der Waals surface area contributed by atoms with Gasteiger partial charge in [0.05, 0.1) is 12.9 Å². The van der Waals surface area contributed by atoms with Crippen LogP contribution in [0, 0.1) is 0 Å². The Morgan fingerprint density at radius 3 is 2.36 bits per heavy atom. The lowest BCUT2D eigenvalue weighted by Crippen LogP contribution is -2.54. The highest BCUT2D eigenvalue weighted by Gasteiger charge is 2.29. The molecule has 7 nitrogen and oxygen atoms in total. The van der Waals surface area contributed by atoms with Crippen molar-refractivity contribution in [2.45, 2.75) is 18.9 Å². The highest BCUT2D eigenvalue weighted by atomic mass is 16.3. The molecule has 1 aromatic heterocycles. The van der Waals surface area contributed by atoms with Gasteiger partial charge in [0.1, 0.15) is 0 Å². The lowest BCUT2D eigenvalue weighted by atomic mass is 10.0. The molecule has 0 bridgehead atoms. The van der Waals surface area contributed by atoms with Crippen LogP contribution in [0.1, 0.15) is 23.2 Å². The second-order valence-electron chi connectivity index (χ2n) is 7.64. The first kappa shape index (κ1) is 19.1. The summed E-state index contributed by atoms with van der Waals surface area (Å²) >= 11 is 0. The summed E-state index contributed by atoms with van der Waals surface area (Å²) in [7, 11) is 0. The predicted molar refractivity (Wildman–Crippen MR) is 108 cm³/mol. The van der Waals surface area contributed by atoms with Crippen LogP contribution in [0.5, 0.6) is 0 Å². The number of hydrogen-bond acceptors (Lipinski definition) is 5. The van der Waals surface area contributed by atoms with E-state index in [0.29, 0.717) is 6.04 Å². The molecular weight excluding hydrogens is 354 g/mol. The first-order chi connectivity index (χ1) is 13.7. The van der Waals surface area contributed by atoms with Crippen LogP contribution in [0.3, 0.4) is 0 Å². The van der Waals surface area contributed by atoms with E-state index >= 15 is 0 Å². The topological polar surface area (TPSA) is 64.8 Å². The van der Waals surface area contributed by atoms with Crippen molar-refractivity contribution in [3.63, 3.8) is 0 Å². The lowest BCUT2D eigenvalue weighted by Gasteiger charge is -2.42. The quantitative estimate of drug-likeness (QED) is 0.837. The summed E-state index contributed by atoms with van der Waals surface area (Å²) in [6.45, 7) is 6.85. The number of aliphatic hydroxyl groups excluding tert-OH is 1. The van der Waals surface area contributed by atoms with Crippen LogP contribution in [0.2, 0.25) is 0 Å². The number of β-amino-alcohol motifs (C(OH)–C–C–N with tert-alkyl or cyclic N) is 1. The number of piperazine rings is 1. The minimum absolute atomic E-state index is 0.128. The number of imidazole rings is 1. The molecule has 2 aliphatic rings. The number of piperidine rings is 1. The number of rotatable bonds is 5. The highest BCUT2D eigenvalue weighted by Crippen LogP contribution is 2.20. The fraction of sp³-hybridized carbons (Fsp3) is 0.524. The van der Waals surface area contributed by atoms with E-state index in [4.69, 9.17) is 5.11 Å². The SMILES string of the molecule is O=C(c1ccc(-n2ccnc2)cc1)N1CCC(N2CCN(CCO)CC2)CC1. The molecule has 2 fully saturated rings. The summed E-state index contributed by atoms with van der Waals surface area (Å²) in [6, 6.07) is 8.32. The van der Waals surface area contributed by atoms with Crippen molar-refractivity contribution in [3.8, 4) is 5.69 Å². The Balaban J connectivity index is 1.28. The number of aromatic nitrogens is 2. The number of likely N-dealkylation sites (tertiary alicyclic amines) is 1. The van der Waals surface area contributed by atoms with Crippen LogP contribution >= 0.6 is 0 Å². The molecule has 1 aromatic carbocycles. The van der Waals surface area contributed by atoms with E-state index in [1.807, 2.05) is 39.9 Å². The van der Waals surface area contributed by atoms with Crippen LogP contribution < -0.4 is 0 Å². The minimum Gasteiger partial charge on any atom is -0.395 e. The molecule has 2 aliphatic heterocycles. The third-order valence-electron chi connectivity index (χ3n) is 6.01. The van der Waals surface area contributed by atoms with E-state index in [0.717, 1.165) is 69.9 Å². The highest BCUT2D eigenvalue weighted by molar-refractivity contribution is 5.94. The van der Waals surface area contributed by atoms with Crippen LogP contribution in [0.4, 0.5) is 0 Å². The Bertz CT molecular complexity index is 746. The zero-order valence-electron chi connectivity index (χ0n) is 16.3. The van der Waals surface area contributed by atoms with Gasteiger partial charge in [-0.3, -0.25) is 14.6 Å². The number of carbonyl (C=O) groups is 1. The van der Waals surface area contributed by atoms with Crippen molar-refractivity contribution >= 4 is 5.91 Å². The molecule has 2 saturated heterocycles. The standard InChI is InChI=1S/C21H29N5O2/c27-16-15-23-11-13-24(14-12-23)20-5-8-25(9-6-20)21(28)18-1-3-19(4-2-18)26-10-7-22-17-26/h1-4,7,10,17,20,27H,5-6,8-9,11-16H2. The molecule has 4 rings (SSSR count). The number of aliphatic hydroxyl groups is 1. The molecule has 3 heterocycles. The van der Waals surface area contributed by atoms with Gasteiger partial charge in [-0.2, -0.15) is 0 Å². The smallest absolute Gasteiger partial charge is 0.253 e. The van der Waals surface area contributed by atoms with Gasteiger partial charge in [-0.15, -0.1) is 0 Å². The maximum atomic E-state index is 12.9. The van der Waals surface area contributed by atoms with Crippen molar-refractivity contribution in [3.05, 3.63) is 48.5 Å². The Kier molecular flexibility index (Phi) is 6.04. The molecule has 0 saturated carbocycles. The second kappa shape index (κ2) is 8.86. The molecule has 0 unspecified atom stereocenters. The van der Waals surface area contributed by atoms with Crippen LogP contribution in [-0.4, -0.2) is 93.7 Å². The van der Waals surface area contributed by atoms with Gasteiger partial charge >= 0.3 is 0 Å². The summed E-state index contributed by atoms with van der Waals surface area (Å²) in [5, 5.41) is 9.07. The molecule has 28 heavy (non-hydrogen) atoms. The van der Waals surface area contributed by atoms with Gasteiger partial charge in [0, 0.05) is 75.5 Å². The summed E-state index contributed by atoms with van der Waals surface area (Å²) in [6.07, 6.45) is 7.48. The van der Waals surface area contributed by atoms with Crippen molar-refractivity contribution < 1.29 is 9.90 Å². The predicted octanol–water partition coefficient (Wildman–Crippen LogP) is 1.09. The van der Waals surface area contributed by atoms with Gasteiger partial charge in [-0.25, -0.2) is 4.98 Å². The van der Waals surface area contributed by atoms with Gasteiger partial charge < -0.3 is 14.6 Å². The molecule has 1 amide bonds. The molecule has 0 atom stereocenters. The first-order valence-electron chi connectivity index (χ1n) is 10.2. The molecule has 0 spiro atoms. The first-order valence-corrected chi connectivity index (χ1v) is 10.2. The van der Waals surface area contributed by atoms with Crippen molar-refractivity contribution in [2.75, 3.05) is 52.4 Å². The van der Waals surface area contributed by atoms with E-state index < -0.39 is 0 Å². The zero-order chi connectivity index (χ0) is 19.3. The van der Waals surface area contributed by atoms with Gasteiger partial charge in [-0.05, 0) is 37.1 Å². The molecular formula is C21H29N5O2. The molecule has 0 radical (unpaired) electrons. The Morgan fingerprint density at radius 2 is 1.75 bits per heavy atom. The Hall–Kier alpha value is -2.22. The van der Waals surface area contributed by atoms with Gasteiger partial charge in [0.2, 0.25) is 0 Å². The average molecular weight is 383 g/mol. The number of nitrogens with zero attached hydrogens (tertiary/aromatic N) is 5. The summed E-state index contributed by atoms with van der Waals surface area (Å²) in [5.74, 6) is 0.128. The second-order valence-corrected chi connectivity index (χ2v) is 7.64. The van der Waals surface area contributed by atoms with Crippen LogP contribution in [0.15, 0.2) is 43.0 Å². The average Bonchev–Trinajstić information content (AvgIpc) is 3.29. The number of carbonyl (C=O) groups excluding carboxylic acids is 1. The Labute approximate surface area is 166 Å². The summed E-state index contributed by atoms with van der Waals surface area (Å²) in [4.78, 5) is 23.8. The van der Waals surface area contributed by atoms with E-state index in [1.54, 1.807) is 12.5 Å². The van der Waals surface area contributed by atoms with Crippen LogP contribution in [-0.2, 0) is 0 Å². The fourth-order valence-electron chi connectivity index (χ4n) is 4.30. The lowest BCUT2D eigenvalue weighted by molar-refractivity contribution is 0.0451. The molecule has 150 valence electrons. The van der Waals surface area contributed by atoms with Crippen molar-refractivity contribution in [1.29, 1.82) is 0 Å². The van der Waals surface area contributed by atoms with E-state index in [2.05, 4.69) is 14.8 Å². The maximum Gasteiger partial charge on any atom is 0.253 e.